The van der Waals surface area contributed by atoms with Gasteiger partial charge in [-0.2, -0.15) is 0 Å². The van der Waals surface area contributed by atoms with Crippen molar-refractivity contribution in [1.29, 1.82) is 0 Å². The van der Waals surface area contributed by atoms with Crippen LogP contribution in [0.1, 0.15) is 70.3 Å². The average Bonchev–Trinajstić information content (AvgIpc) is 3.25. The lowest BCUT2D eigenvalue weighted by Gasteiger charge is -2.14. The van der Waals surface area contributed by atoms with Gasteiger partial charge < -0.3 is 0 Å². The Labute approximate surface area is 117 Å². The van der Waals surface area contributed by atoms with Crippen LogP contribution < -0.4 is 0 Å². The summed E-state index contributed by atoms with van der Waals surface area (Å²) in [4.78, 5) is 12.4. The molecule has 0 aromatic heterocycles. The monoisotopic (exact) mass is 258 g/mol. The summed E-state index contributed by atoms with van der Waals surface area (Å²) in [6.45, 7) is 2.24. The van der Waals surface area contributed by atoms with Crippen LogP contribution in [0, 0.1) is 0 Å². The third-order valence-corrected chi connectivity index (χ3v) is 4.37. The SMILES string of the molecule is CCCCCCCCC(=O)C1(c2ccccc2)CC1. The molecule has 0 unspecified atom stereocenters. The number of benzene rings is 1. The van der Waals surface area contributed by atoms with Gasteiger partial charge in [-0.3, -0.25) is 4.79 Å². The number of hydrogen-bond acceptors (Lipinski definition) is 1. The van der Waals surface area contributed by atoms with Crippen LogP contribution >= 0.6 is 0 Å². The minimum absolute atomic E-state index is 0.0926. The predicted octanol–water partition coefficient (Wildman–Crippen LogP) is 5.04. The Morgan fingerprint density at radius 2 is 1.63 bits per heavy atom. The minimum Gasteiger partial charge on any atom is -0.299 e. The van der Waals surface area contributed by atoms with Crippen molar-refractivity contribution < 1.29 is 4.79 Å². The molecule has 1 nitrogen and oxygen atoms in total. The highest BCUT2D eigenvalue weighted by Gasteiger charge is 2.49. The van der Waals surface area contributed by atoms with Crippen molar-refractivity contribution in [2.75, 3.05) is 0 Å². The largest absolute Gasteiger partial charge is 0.299 e. The molecule has 1 fully saturated rings. The second-order valence-electron chi connectivity index (χ2n) is 5.89. The molecule has 1 aromatic carbocycles. The summed E-state index contributed by atoms with van der Waals surface area (Å²) in [5, 5.41) is 0. The first-order valence-corrected chi connectivity index (χ1v) is 7.88. The fraction of sp³-hybridized carbons (Fsp3) is 0.611. The molecule has 1 aromatic rings. The number of Topliss-reactive ketones (excluding diaryl/α,β-unsaturated/α-hetero) is 1. The van der Waals surface area contributed by atoms with E-state index in [9.17, 15) is 4.79 Å². The van der Waals surface area contributed by atoms with E-state index in [1.807, 2.05) is 18.2 Å². The molecule has 19 heavy (non-hydrogen) atoms. The van der Waals surface area contributed by atoms with Crippen molar-refractivity contribution in [2.45, 2.75) is 70.1 Å². The number of hydrogen-bond donors (Lipinski definition) is 0. The van der Waals surface area contributed by atoms with Gasteiger partial charge >= 0.3 is 0 Å². The van der Waals surface area contributed by atoms with Crippen LogP contribution in [0.5, 0.6) is 0 Å². The van der Waals surface area contributed by atoms with Crippen LogP contribution in [0.25, 0.3) is 0 Å². The molecular formula is C18H26O. The molecule has 0 spiro atoms. The molecule has 0 saturated heterocycles. The Hall–Kier alpha value is -1.11. The smallest absolute Gasteiger partial charge is 0.143 e. The van der Waals surface area contributed by atoms with Crippen molar-refractivity contribution in [3.63, 3.8) is 0 Å². The molecule has 1 heteroatoms. The topological polar surface area (TPSA) is 17.1 Å². The zero-order valence-electron chi connectivity index (χ0n) is 12.2. The summed E-state index contributed by atoms with van der Waals surface area (Å²) in [5.41, 5.74) is 1.15. The highest BCUT2D eigenvalue weighted by molar-refractivity contribution is 5.93. The number of ketones is 1. The maximum atomic E-state index is 12.4. The van der Waals surface area contributed by atoms with Gasteiger partial charge in [-0.05, 0) is 24.8 Å². The van der Waals surface area contributed by atoms with E-state index < -0.39 is 0 Å². The number of unbranched alkanes of at least 4 members (excludes halogenated alkanes) is 5. The zero-order valence-corrected chi connectivity index (χ0v) is 12.2. The van der Waals surface area contributed by atoms with Gasteiger partial charge in [-0.15, -0.1) is 0 Å². The average molecular weight is 258 g/mol. The summed E-state index contributed by atoms with van der Waals surface area (Å²) in [6, 6.07) is 10.4. The van der Waals surface area contributed by atoms with Gasteiger partial charge in [-0.25, -0.2) is 0 Å². The van der Waals surface area contributed by atoms with E-state index in [1.54, 1.807) is 0 Å². The summed E-state index contributed by atoms with van der Waals surface area (Å²) < 4.78 is 0. The molecule has 104 valence electrons. The van der Waals surface area contributed by atoms with Crippen molar-refractivity contribution in [3.8, 4) is 0 Å². The Morgan fingerprint density at radius 1 is 1.00 bits per heavy atom. The molecule has 0 amide bonds. The molecule has 0 atom stereocenters. The summed E-state index contributed by atoms with van der Waals surface area (Å²) in [6.07, 6.45) is 10.4. The first kappa shape index (κ1) is 14.3. The second-order valence-corrected chi connectivity index (χ2v) is 5.89. The van der Waals surface area contributed by atoms with E-state index in [-0.39, 0.29) is 5.41 Å². The van der Waals surface area contributed by atoms with Crippen molar-refractivity contribution in [1.82, 2.24) is 0 Å². The molecule has 0 aliphatic heterocycles. The van der Waals surface area contributed by atoms with Gasteiger partial charge in [0.15, 0.2) is 0 Å². The van der Waals surface area contributed by atoms with Crippen LogP contribution in [0.3, 0.4) is 0 Å². The predicted molar refractivity (Wildman–Crippen MR) is 80.4 cm³/mol. The van der Waals surface area contributed by atoms with Crippen LogP contribution in [-0.2, 0) is 10.2 Å². The van der Waals surface area contributed by atoms with E-state index in [2.05, 4.69) is 19.1 Å². The summed E-state index contributed by atoms with van der Waals surface area (Å²) in [7, 11) is 0. The Bertz CT molecular complexity index is 389. The molecular weight excluding hydrogens is 232 g/mol. The Kier molecular flexibility index (Phi) is 5.18. The van der Waals surface area contributed by atoms with Gasteiger partial charge in [0.2, 0.25) is 0 Å². The standard InChI is InChI=1S/C18H26O/c1-2-3-4-5-6-10-13-17(19)18(14-15-18)16-11-8-7-9-12-16/h7-9,11-12H,2-6,10,13-15H2,1H3. The molecule has 0 radical (unpaired) electrons. The molecule has 0 bridgehead atoms. The van der Waals surface area contributed by atoms with Gasteiger partial charge in [0.25, 0.3) is 0 Å². The first-order chi connectivity index (χ1) is 9.29. The van der Waals surface area contributed by atoms with Crippen LogP contribution in [0.15, 0.2) is 30.3 Å². The maximum Gasteiger partial charge on any atom is 0.143 e. The lowest BCUT2D eigenvalue weighted by atomic mass is 9.88. The molecule has 0 N–H and O–H groups in total. The van der Waals surface area contributed by atoms with E-state index >= 15 is 0 Å². The normalized spacial score (nSPS) is 16.3. The lowest BCUT2D eigenvalue weighted by Crippen LogP contribution is -2.20. The number of carbonyl (C=O) groups excluding carboxylic acids is 1. The first-order valence-electron chi connectivity index (χ1n) is 7.88. The number of carbonyl (C=O) groups is 1. The van der Waals surface area contributed by atoms with E-state index in [1.165, 1.54) is 37.7 Å². The summed E-state index contributed by atoms with van der Waals surface area (Å²) >= 11 is 0. The van der Waals surface area contributed by atoms with Crippen LogP contribution in [0.2, 0.25) is 0 Å². The molecule has 1 aliphatic carbocycles. The second kappa shape index (κ2) is 6.88. The fourth-order valence-corrected chi connectivity index (χ4v) is 2.92. The zero-order chi connectivity index (χ0) is 13.6. The van der Waals surface area contributed by atoms with Crippen molar-refractivity contribution in [2.24, 2.45) is 0 Å². The fourth-order valence-electron chi connectivity index (χ4n) is 2.92. The van der Waals surface area contributed by atoms with Crippen molar-refractivity contribution >= 4 is 5.78 Å². The van der Waals surface area contributed by atoms with E-state index in [4.69, 9.17) is 0 Å². The summed E-state index contributed by atoms with van der Waals surface area (Å²) in [5.74, 6) is 0.481. The van der Waals surface area contributed by atoms with Crippen molar-refractivity contribution in [3.05, 3.63) is 35.9 Å². The highest BCUT2D eigenvalue weighted by Crippen LogP contribution is 2.49. The van der Waals surface area contributed by atoms with E-state index in [0.717, 1.165) is 25.7 Å². The Morgan fingerprint density at radius 3 is 2.26 bits per heavy atom. The van der Waals surface area contributed by atoms with Crippen LogP contribution in [-0.4, -0.2) is 5.78 Å². The van der Waals surface area contributed by atoms with Gasteiger partial charge in [-0.1, -0.05) is 69.4 Å². The third-order valence-electron chi connectivity index (χ3n) is 4.37. The lowest BCUT2D eigenvalue weighted by molar-refractivity contribution is -0.121. The van der Waals surface area contributed by atoms with Gasteiger partial charge in [0.05, 0.1) is 5.41 Å². The quantitative estimate of drug-likeness (QED) is 0.567. The van der Waals surface area contributed by atoms with Gasteiger partial charge in [0.1, 0.15) is 5.78 Å². The van der Waals surface area contributed by atoms with Crippen LogP contribution in [0.4, 0.5) is 0 Å². The maximum absolute atomic E-state index is 12.4. The minimum atomic E-state index is -0.0926. The third kappa shape index (κ3) is 3.68. The Balaban J connectivity index is 1.75. The van der Waals surface area contributed by atoms with E-state index in [0.29, 0.717) is 5.78 Å². The van der Waals surface area contributed by atoms with Gasteiger partial charge in [0, 0.05) is 6.42 Å². The molecule has 1 saturated carbocycles. The number of rotatable bonds is 9. The highest BCUT2D eigenvalue weighted by atomic mass is 16.1. The molecule has 0 heterocycles. The molecule has 2 rings (SSSR count). The molecule has 1 aliphatic rings.